The molecule has 1 saturated carbocycles. The van der Waals surface area contributed by atoms with Crippen molar-refractivity contribution in [3.05, 3.63) is 34.9 Å². The first kappa shape index (κ1) is 16.8. The maximum atomic E-state index is 12.0. The van der Waals surface area contributed by atoms with Gasteiger partial charge in [0.05, 0.1) is 17.1 Å². The van der Waals surface area contributed by atoms with Crippen LogP contribution < -0.4 is 10.6 Å². The Kier molecular flexibility index (Phi) is 5.83. The number of hydrogen-bond acceptors (Lipinski definition) is 2. The fourth-order valence-corrected chi connectivity index (χ4v) is 3.17. The summed E-state index contributed by atoms with van der Waals surface area (Å²) in [4.78, 5) is 24.0. The standard InChI is InChI=1S/C17H23ClN2O2/c1-11-6-5-9-15(12(11)2)20-16(21)10-19-17(22)13-7-3-4-8-14(13)18/h3-4,7-8,11-12,15H,5-6,9-10H2,1-2H3,(H,19,22)(H,20,21)/t11-,12-,15-/m1/s1. The molecule has 0 aliphatic heterocycles. The SMILES string of the molecule is C[C@@H]1[C@H](C)CCC[C@H]1NC(=O)CNC(=O)c1ccccc1Cl. The van der Waals surface area contributed by atoms with Crippen LogP contribution in [0.3, 0.4) is 0 Å². The molecule has 4 nitrogen and oxygen atoms in total. The molecule has 5 heteroatoms. The van der Waals surface area contributed by atoms with Gasteiger partial charge in [-0.15, -0.1) is 0 Å². The lowest BCUT2D eigenvalue weighted by atomic mass is 9.78. The first-order valence-corrected chi connectivity index (χ1v) is 8.19. The van der Waals surface area contributed by atoms with E-state index in [0.717, 1.165) is 12.8 Å². The Labute approximate surface area is 136 Å². The Morgan fingerprint density at radius 3 is 2.68 bits per heavy atom. The Balaban J connectivity index is 1.83. The minimum absolute atomic E-state index is 0.0261. The molecule has 2 amide bonds. The van der Waals surface area contributed by atoms with E-state index in [0.29, 0.717) is 22.4 Å². The topological polar surface area (TPSA) is 58.2 Å². The lowest BCUT2D eigenvalue weighted by molar-refractivity contribution is -0.121. The van der Waals surface area contributed by atoms with Gasteiger partial charge in [-0.3, -0.25) is 9.59 Å². The largest absolute Gasteiger partial charge is 0.352 e. The molecule has 1 aliphatic rings. The van der Waals surface area contributed by atoms with Crippen molar-refractivity contribution in [3.63, 3.8) is 0 Å². The van der Waals surface area contributed by atoms with E-state index in [9.17, 15) is 9.59 Å². The van der Waals surface area contributed by atoms with Gasteiger partial charge in [-0.1, -0.05) is 50.4 Å². The number of carbonyl (C=O) groups excluding carboxylic acids is 2. The fraction of sp³-hybridized carbons (Fsp3) is 0.529. The fourth-order valence-electron chi connectivity index (χ4n) is 2.94. The third-order valence-corrected chi connectivity index (χ3v) is 4.91. The zero-order valence-electron chi connectivity index (χ0n) is 13.1. The van der Waals surface area contributed by atoms with E-state index in [2.05, 4.69) is 24.5 Å². The van der Waals surface area contributed by atoms with Crippen LogP contribution in [0.15, 0.2) is 24.3 Å². The van der Waals surface area contributed by atoms with E-state index in [4.69, 9.17) is 11.6 Å². The predicted octanol–water partition coefficient (Wildman–Crippen LogP) is 3.01. The molecule has 1 aromatic carbocycles. The van der Waals surface area contributed by atoms with E-state index in [1.807, 2.05) is 0 Å². The van der Waals surface area contributed by atoms with Gasteiger partial charge in [0.25, 0.3) is 5.91 Å². The van der Waals surface area contributed by atoms with Crippen molar-refractivity contribution in [2.75, 3.05) is 6.54 Å². The van der Waals surface area contributed by atoms with Gasteiger partial charge in [0.2, 0.25) is 5.91 Å². The highest BCUT2D eigenvalue weighted by atomic mass is 35.5. The summed E-state index contributed by atoms with van der Waals surface area (Å²) >= 11 is 5.96. The lowest BCUT2D eigenvalue weighted by Gasteiger charge is -2.34. The molecule has 0 unspecified atom stereocenters. The number of amides is 2. The molecular weight excluding hydrogens is 300 g/mol. The summed E-state index contributed by atoms with van der Waals surface area (Å²) in [5.74, 6) is 0.617. The summed E-state index contributed by atoms with van der Waals surface area (Å²) in [6.45, 7) is 4.38. The number of hydrogen-bond donors (Lipinski definition) is 2. The predicted molar refractivity (Wildman–Crippen MR) is 87.9 cm³/mol. The van der Waals surface area contributed by atoms with Crippen LogP contribution in [0.1, 0.15) is 43.5 Å². The number of carbonyl (C=O) groups is 2. The molecular formula is C17H23ClN2O2. The van der Waals surface area contributed by atoms with Gasteiger partial charge < -0.3 is 10.6 Å². The average molecular weight is 323 g/mol. The van der Waals surface area contributed by atoms with Gasteiger partial charge in [-0.2, -0.15) is 0 Å². The van der Waals surface area contributed by atoms with Crippen LogP contribution in [0.25, 0.3) is 0 Å². The van der Waals surface area contributed by atoms with Crippen molar-refractivity contribution in [2.24, 2.45) is 11.8 Å². The maximum absolute atomic E-state index is 12.0. The van der Waals surface area contributed by atoms with E-state index < -0.39 is 0 Å². The Hall–Kier alpha value is -1.55. The molecule has 0 bridgehead atoms. The van der Waals surface area contributed by atoms with Gasteiger partial charge in [0, 0.05) is 6.04 Å². The monoisotopic (exact) mass is 322 g/mol. The quantitative estimate of drug-likeness (QED) is 0.895. The van der Waals surface area contributed by atoms with Crippen LogP contribution in [-0.4, -0.2) is 24.4 Å². The number of nitrogens with one attached hydrogen (secondary N) is 2. The summed E-state index contributed by atoms with van der Waals surface area (Å²) in [5, 5.41) is 6.04. The van der Waals surface area contributed by atoms with Crippen molar-refractivity contribution < 1.29 is 9.59 Å². The van der Waals surface area contributed by atoms with E-state index >= 15 is 0 Å². The van der Waals surface area contributed by atoms with Crippen LogP contribution in [0.5, 0.6) is 0 Å². The molecule has 0 heterocycles. The van der Waals surface area contributed by atoms with Gasteiger partial charge in [-0.05, 0) is 30.4 Å². The molecule has 0 saturated heterocycles. The molecule has 2 N–H and O–H groups in total. The Bertz CT molecular complexity index is 547. The highest BCUT2D eigenvalue weighted by molar-refractivity contribution is 6.33. The zero-order chi connectivity index (χ0) is 16.1. The van der Waals surface area contributed by atoms with Crippen LogP contribution in [0.4, 0.5) is 0 Å². The van der Waals surface area contributed by atoms with Crippen LogP contribution in [0, 0.1) is 11.8 Å². The normalized spacial score (nSPS) is 24.6. The van der Waals surface area contributed by atoms with Gasteiger partial charge >= 0.3 is 0 Å². The van der Waals surface area contributed by atoms with E-state index in [-0.39, 0.29) is 24.4 Å². The molecule has 22 heavy (non-hydrogen) atoms. The minimum atomic E-state index is -0.328. The number of rotatable bonds is 4. The summed E-state index contributed by atoms with van der Waals surface area (Å²) < 4.78 is 0. The Morgan fingerprint density at radius 1 is 1.23 bits per heavy atom. The smallest absolute Gasteiger partial charge is 0.253 e. The van der Waals surface area contributed by atoms with E-state index in [1.165, 1.54) is 6.42 Å². The molecule has 0 spiro atoms. The molecule has 0 radical (unpaired) electrons. The second-order valence-electron chi connectivity index (χ2n) is 6.10. The first-order valence-electron chi connectivity index (χ1n) is 7.81. The summed E-state index contributed by atoms with van der Waals surface area (Å²) in [6, 6.07) is 7.00. The average Bonchev–Trinajstić information content (AvgIpc) is 2.50. The van der Waals surface area contributed by atoms with Crippen molar-refractivity contribution in [2.45, 2.75) is 39.2 Å². The van der Waals surface area contributed by atoms with Crippen LogP contribution in [0.2, 0.25) is 5.02 Å². The molecule has 1 aliphatic carbocycles. The second kappa shape index (κ2) is 7.63. The summed E-state index contributed by atoms with van der Waals surface area (Å²) in [6.07, 6.45) is 3.37. The summed E-state index contributed by atoms with van der Waals surface area (Å²) in [5.41, 5.74) is 0.386. The van der Waals surface area contributed by atoms with E-state index in [1.54, 1.807) is 24.3 Å². The molecule has 120 valence electrons. The third-order valence-electron chi connectivity index (χ3n) is 4.58. The lowest BCUT2D eigenvalue weighted by Crippen LogP contribution is -2.47. The van der Waals surface area contributed by atoms with Crippen molar-refractivity contribution in [1.29, 1.82) is 0 Å². The van der Waals surface area contributed by atoms with Gasteiger partial charge in [-0.25, -0.2) is 0 Å². The first-order chi connectivity index (χ1) is 10.5. The molecule has 1 fully saturated rings. The Morgan fingerprint density at radius 2 is 1.95 bits per heavy atom. The van der Waals surface area contributed by atoms with Crippen molar-refractivity contribution in [3.8, 4) is 0 Å². The molecule has 0 aromatic heterocycles. The number of benzene rings is 1. The number of halogens is 1. The van der Waals surface area contributed by atoms with Gasteiger partial charge in [0.15, 0.2) is 0 Å². The molecule has 3 atom stereocenters. The van der Waals surface area contributed by atoms with Gasteiger partial charge in [0.1, 0.15) is 0 Å². The molecule has 2 rings (SSSR count). The minimum Gasteiger partial charge on any atom is -0.352 e. The van der Waals surface area contributed by atoms with Crippen molar-refractivity contribution in [1.82, 2.24) is 10.6 Å². The van der Waals surface area contributed by atoms with Crippen molar-refractivity contribution >= 4 is 23.4 Å². The highest BCUT2D eigenvalue weighted by Crippen LogP contribution is 2.29. The van der Waals surface area contributed by atoms with Crippen LogP contribution >= 0.6 is 11.6 Å². The highest BCUT2D eigenvalue weighted by Gasteiger charge is 2.28. The summed E-state index contributed by atoms with van der Waals surface area (Å²) in [7, 11) is 0. The molecule has 1 aromatic rings. The second-order valence-corrected chi connectivity index (χ2v) is 6.51. The maximum Gasteiger partial charge on any atom is 0.253 e. The van der Waals surface area contributed by atoms with Crippen LogP contribution in [-0.2, 0) is 4.79 Å². The zero-order valence-corrected chi connectivity index (χ0v) is 13.8. The third kappa shape index (κ3) is 4.23.